The maximum absolute atomic E-state index is 13.6. The van der Waals surface area contributed by atoms with Gasteiger partial charge in [0, 0.05) is 19.2 Å². The van der Waals surface area contributed by atoms with Crippen molar-refractivity contribution in [3.05, 3.63) is 35.6 Å². The summed E-state index contributed by atoms with van der Waals surface area (Å²) in [5.74, 6) is -0.711. The Balaban J connectivity index is 2.07. The minimum Gasteiger partial charge on any atom is -0.335 e. The number of carbonyl (C=O) groups is 2. The smallest absolute Gasteiger partial charge is 0.242 e. The van der Waals surface area contributed by atoms with Crippen LogP contribution in [0.3, 0.4) is 0 Å². The highest BCUT2D eigenvalue weighted by molar-refractivity contribution is 5.92. The SMILES string of the molecule is CN1CC(=O)N(CC(N)c2ccccc2F)CC1=O. The Hall–Kier alpha value is -1.95. The molecular formula is C13H16FN3O2. The molecule has 1 aromatic carbocycles. The van der Waals surface area contributed by atoms with Gasteiger partial charge in [-0.15, -0.1) is 0 Å². The van der Waals surface area contributed by atoms with Gasteiger partial charge in [0.15, 0.2) is 0 Å². The second kappa shape index (κ2) is 5.36. The molecule has 1 aliphatic rings. The second-order valence-corrected chi connectivity index (χ2v) is 4.65. The van der Waals surface area contributed by atoms with Crippen LogP contribution >= 0.6 is 0 Å². The summed E-state index contributed by atoms with van der Waals surface area (Å²) < 4.78 is 13.6. The number of rotatable bonds is 3. The third-order valence-electron chi connectivity index (χ3n) is 3.20. The number of piperazine rings is 1. The molecule has 1 unspecified atom stereocenters. The van der Waals surface area contributed by atoms with E-state index in [0.29, 0.717) is 5.56 Å². The highest BCUT2D eigenvalue weighted by Gasteiger charge is 2.29. The number of halogens is 1. The Morgan fingerprint density at radius 1 is 1.26 bits per heavy atom. The van der Waals surface area contributed by atoms with Gasteiger partial charge in [-0.25, -0.2) is 4.39 Å². The summed E-state index contributed by atoms with van der Waals surface area (Å²) in [6.07, 6.45) is 0. The van der Waals surface area contributed by atoms with Crippen molar-refractivity contribution >= 4 is 11.8 Å². The van der Waals surface area contributed by atoms with E-state index >= 15 is 0 Å². The summed E-state index contributed by atoms with van der Waals surface area (Å²) in [7, 11) is 1.58. The second-order valence-electron chi connectivity index (χ2n) is 4.65. The molecule has 0 saturated carbocycles. The molecule has 1 heterocycles. The van der Waals surface area contributed by atoms with Crippen LogP contribution in [0.4, 0.5) is 4.39 Å². The summed E-state index contributed by atoms with van der Waals surface area (Å²) >= 11 is 0. The van der Waals surface area contributed by atoms with Crippen LogP contribution in [0.1, 0.15) is 11.6 Å². The highest BCUT2D eigenvalue weighted by Crippen LogP contribution is 2.16. The van der Waals surface area contributed by atoms with E-state index < -0.39 is 11.9 Å². The number of nitrogens with zero attached hydrogens (tertiary/aromatic N) is 2. The lowest BCUT2D eigenvalue weighted by Crippen LogP contribution is -2.53. The van der Waals surface area contributed by atoms with Gasteiger partial charge in [-0.05, 0) is 6.07 Å². The van der Waals surface area contributed by atoms with Gasteiger partial charge >= 0.3 is 0 Å². The fraction of sp³-hybridized carbons (Fsp3) is 0.385. The zero-order valence-corrected chi connectivity index (χ0v) is 10.7. The van der Waals surface area contributed by atoms with Gasteiger partial charge in [0.05, 0.1) is 19.1 Å². The zero-order chi connectivity index (χ0) is 14.0. The summed E-state index contributed by atoms with van der Waals surface area (Å²) in [6, 6.07) is 5.54. The van der Waals surface area contributed by atoms with Crippen LogP contribution in [0.15, 0.2) is 24.3 Å². The number of carbonyl (C=O) groups excluding carboxylic acids is 2. The molecule has 1 saturated heterocycles. The Morgan fingerprint density at radius 3 is 2.63 bits per heavy atom. The van der Waals surface area contributed by atoms with E-state index in [2.05, 4.69) is 0 Å². The number of amides is 2. The van der Waals surface area contributed by atoms with Crippen molar-refractivity contribution in [2.75, 3.05) is 26.7 Å². The predicted octanol–water partition coefficient (Wildman–Crippen LogP) is 0.126. The van der Waals surface area contributed by atoms with Gasteiger partial charge in [0.1, 0.15) is 5.82 Å². The number of nitrogens with two attached hydrogens (primary N) is 1. The molecule has 2 rings (SSSR count). The van der Waals surface area contributed by atoms with Crippen molar-refractivity contribution in [3.63, 3.8) is 0 Å². The van der Waals surface area contributed by atoms with Crippen molar-refractivity contribution < 1.29 is 14.0 Å². The molecule has 2 N–H and O–H groups in total. The van der Waals surface area contributed by atoms with Crippen molar-refractivity contribution in [2.24, 2.45) is 5.73 Å². The van der Waals surface area contributed by atoms with Crippen molar-refractivity contribution in [1.82, 2.24) is 9.80 Å². The van der Waals surface area contributed by atoms with E-state index in [-0.39, 0.29) is 31.4 Å². The van der Waals surface area contributed by atoms with Crippen LogP contribution in [0.2, 0.25) is 0 Å². The summed E-state index contributed by atoms with van der Waals surface area (Å²) in [6.45, 7) is 0.180. The predicted molar refractivity (Wildman–Crippen MR) is 67.5 cm³/mol. The molecule has 0 spiro atoms. The Kier molecular flexibility index (Phi) is 3.80. The lowest BCUT2D eigenvalue weighted by atomic mass is 10.1. The molecule has 0 aromatic heterocycles. The van der Waals surface area contributed by atoms with Gasteiger partial charge in [-0.2, -0.15) is 0 Å². The zero-order valence-electron chi connectivity index (χ0n) is 10.7. The molecule has 1 aliphatic heterocycles. The van der Waals surface area contributed by atoms with E-state index in [4.69, 9.17) is 5.73 Å². The Morgan fingerprint density at radius 2 is 1.95 bits per heavy atom. The Bertz CT molecular complexity index is 506. The van der Waals surface area contributed by atoms with Crippen LogP contribution in [-0.4, -0.2) is 48.3 Å². The highest BCUT2D eigenvalue weighted by atomic mass is 19.1. The average Bonchev–Trinajstić information content (AvgIpc) is 2.36. The average molecular weight is 265 g/mol. The first-order valence-corrected chi connectivity index (χ1v) is 6.01. The maximum atomic E-state index is 13.6. The fourth-order valence-electron chi connectivity index (χ4n) is 2.04. The van der Waals surface area contributed by atoms with Gasteiger partial charge < -0.3 is 15.5 Å². The largest absolute Gasteiger partial charge is 0.335 e. The van der Waals surface area contributed by atoms with Crippen LogP contribution in [0.25, 0.3) is 0 Å². The van der Waals surface area contributed by atoms with Crippen molar-refractivity contribution in [1.29, 1.82) is 0 Å². The van der Waals surface area contributed by atoms with Gasteiger partial charge in [-0.3, -0.25) is 9.59 Å². The molecule has 19 heavy (non-hydrogen) atoms. The minimum atomic E-state index is -0.638. The fourth-order valence-corrected chi connectivity index (χ4v) is 2.04. The molecule has 1 aromatic rings. The molecule has 0 radical (unpaired) electrons. The van der Waals surface area contributed by atoms with E-state index in [9.17, 15) is 14.0 Å². The molecule has 102 valence electrons. The molecule has 2 amide bonds. The van der Waals surface area contributed by atoms with Crippen molar-refractivity contribution in [2.45, 2.75) is 6.04 Å². The lowest BCUT2D eigenvalue weighted by molar-refractivity contribution is -0.148. The lowest BCUT2D eigenvalue weighted by Gasteiger charge is -2.33. The number of benzene rings is 1. The van der Waals surface area contributed by atoms with E-state index in [1.807, 2.05) is 0 Å². The van der Waals surface area contributed by atoms with E-state index in [1.54, 1.807) is 25.2 Å². The molecular weight excluding hydrogens is 249 g/mol. The first kappa shape index (κ1) is 13.5. The standard InChI is InChI=1S/C13H16FN3O2/c1-16-7-13(19)17(8-12(16)18)6-11(15)9-4-2-3-5-10(9)14/h2-5,11H,6-8,15H2,1H3. The van der Waals surface area contributed by atoms with Crippen LogP contribution in [0, 0.1) is 5.82 Å². The molecule has 6 heteroatoms. The third kappa shape index (κ3) is 2.90. The Labute approximate surface area is 110 Å². The summed E-state index contributed by atoms with van der Waals surface area (Å²) in [4.78, 5) is 26.1. The van der Waals surface area contributed by atoms with Crippen LogP contribution in [-0.2, 0) is 9.59 Å². The van der Waals surface area contributed by atoms with Crippen LogP contribution in [0.5, 0.6) is 0 Å². The number of hydrogen-bond acceptors (Lipinski definition) is 3. The third-order valence-corrected chi connectivity index (χ3v) is 3.20. The molecule has 0 aliphatic carbocycles. The van der Waals surface area contributed by atoms with Crippen LogP contribution < -0.4 is 5.73 Å². The molecule has 1 fully saturated rings. The van der Waals surface area contributed by atoms with Gasteiger partial charge in [0.25, 0.3) is 0 Å². The van der Waals surface area contributed by atoms with Gasteiger partial charge in [-0.1, -0.05) is 18.2 Å². The van der Waals surface area contributed by atoms with E-state index in [0.717, 1.165) is 0 Å². The van der Waals surface area contributed by atoms with E-state index in [1.165, 1.54) is 15.9 Å². The van der Waals surface area contributed by atoms with Crippen molar-refractivity contribution in [3.8, 4) is 0 Å². The molecule has 1 atom stereocenters. The first-order valence-electron chi connectivity index (χ1n) is 6.01. The first-order chi connectivity index (χ1) is 8.99. The molecule has 5 nitrogen and oxygen atoms in total. The number of hydrogen-bond donors (Lipinski definition) is 1. The quantitative estimate of drug-likeness (QED) is 0.844. The normalized spacial score (nSPS) is 17.8. The molecule has 0 bridgehead atoms. The minimum absolute atomic E-state index is 0.00249. The maximum Gasteiger partial charge on any atom is 0.242 e. The summed E-state index contributed by atoms with van der Waals surface area (Å²) in [5, 5.41) is 0. The van der Waals surface area contributed by atoms with Gasteiger partial charge in [0.2, 0.25) is 11.8 Å². The summed E-state index contributed by atoms with van der Waals surface area (Å²) in [5.41, 5.74) is 6.26. The topological polar surface area (TPSA) is 66.6 Å². The monoisotopic (exact) mass is 265 g/mol. The number of likely N-dealkylation sites (N-methyl/N-ethyl adjacent to an activating group) is 1.